The molecule has 0 radical (unpaired) electrons. The molecule has 1 aliphatic heterocycles. The van der Waals surface area contributed by atoms with Crippen molar-refractivity contribution in [3.63, 3.8) is 0 Å². The van der Waals surface area contributed by atoms with Crippen molar-refractivity contribution in [3.8, 4) is 0 Å². The van der Waals surface area contributed by atoms with Gasteiger partial charge in [-0.3, -0.25) is 4.90 Å². The zero-order valence-corrected chi connectivity index (χ0v) is 20.9. The van der Waals surface area contributed by atoms with Crippen molar-refractivity contribution in [2.45, 2.75) is 39.3 Å². The van der Waals surface area contributed by atoms with Crippen molar-refractivity contribution in [2.24, 2.45) is 0 Å². The average molecular weight is 477 g/mol. The summed E-state index contributed by atoms with van der Waals surface area (Å²) in [5, 5.41) is 14.9. The third kappa shape index (κ3) is 4.28. The van der Waals surface area contributed by atoms with Crippen molar-refractivity contribution >= 4 is 27.8 Å². The second kappa shape index (κ2) is 9.01. The van der Waals surface area contributed by atoms with Crippen LogP contribution < -0.4 is 0 Å². The number of aromatic nitrogens is 6. The molecular weight excluding hydrogens is 444 g/mol. The second-order valence-electron chi connectivity index (χ2n) is 10.1. The summed E-state index contributed by atoms with van der Waals surface area (Å²) in [5.74, 6) is 0.268. The molecule has 1 N–H and O–H groups in total. The first-order chi connectivity index (χ1) is 16.8. The van der Waals surface area contributed by atoms with Crippen molar-refractivity contribution < 1.29 is 9.53 Å². The van der Waals surface area contributed by atoms with E-state index in [1.165, 1.54) is 0 Å². The minimum atomic E-state index is -0.437. The summed E-state index contributed by atoms with van der Waals surface area (Å²) < 4.78 is 7.22. The first kappa shape index (κ1) is 23.4. The summed E-state index contributed by atoms with van der Waals surface area (Å²) in [6.07, 6.45) is 0. The van der Waals surface area contributed by atoms with Gasteiger partial charge in [0.1, 0.15) is 11.7 Å². The Kier molecular flexibility index (Phi) is 6.02. The lowest BCUT2D eigenvalue weighted by Gasteiger charge is -2.38. The van der Waals surface area contributed by atoms with Gasteiger partial charge in [0.05, 0.1) is 23.4 Å². The van der Waals surface area contributed by atoms with Crippen molar-refractivity contribution in [3.05, 3.63) is 47.5 Å². The Hall–Kier alpha value is -3.37. The van der Waals surface area contributed by atoms with Gasteiger partial charge in [0.2, 0.25) is 0 Å². The smallest absolute Gasteiger partial charge is 0.356 e. The van der Waals surface area contributed by atoms with Crippen LogP contribution in [0.3, 0.4) is 0 Å². The molecule has 184 valence electrons. The van der Waals surface area contributed by atoms with Crippen LogP contribution in [-0.2, 0) is 10.3 Å². The number of ether oxygens (including phenoxy) is 1. The first-order valence-corrected chi connectivity index (χ1v) is 12.1. The van der Waals surface area contributed by atoms with Crippen LogP contribution in [0.25, 0.3) is 21.8 Å². The SMILES string of the molecule is CCOC(=O)c1cc2c([nH]c3ccccc32)c(C(c2nnnn2C(C)(C)C)N2CCN(C)CC2)n1. The molecule has 1 atom stereocenters. The number of carbonyl (C=O) groups excluding carboxylic acids is 1. The zero-order chi connectivity index (χ0) is 24.7. The van der Waals surface area contributed by atoms with Gasteiger partial charge >= 0.3 is 5.97 Å². The number of hydrogen-bond acceptors (Lipinski definition) is 8. The van der Waals surface area contributed by atoms with E-state index in [4.69, 9.17) is 9.72 Å². The lowest BCUT2D eigenvalue weighted by molar-refractivity contribution is 0.0518. The van der Waals surface area contributed by atoms with E-state index < -0.39 is 5.97 Å². The normalized spacial score (nSPS) is 16.7. The fourth-order valence-electron chi connectivity index (χ4n) is 4.76. The fourth-order valence-corrected chi connectivity index (χ4v) is 4.76. The summed E-state index contributed by atoms with van der Waals surface area (Å²) in [4.78, 5) is 26.0. The molecule has 1 saturated heterocycles. The Morgan fingerprint density at radius 3 is 2.60 bits per heavy atom. The molecule has 10 nitrogen and oxygen atoms in total. The predicted octanol–water partition coefficient (Wildman–Crippen LogP) is 2.97. The number of benzene rings is 1. The number of tetrazole rings is 1. The average Bonchev–Trinajstić information content (AvgIpc) is 3.46. The van der Waals surface area contributed by atoms with E-state index in [0.717, 1.165) is 53.7 Å². The maximum absolute atomic E-state index is 12.9. The van der Waals surface area contributed by atoms with E-state index in [2.05, 4.69) is 64.2 Å². The van der Waals surface area contributed by atoms with Gasteiger partial charge in [-0.1, -0.05) is 18.2 Å². The second-order valence-corrected chi connectivity index (χ2v) is 10.1. The van der Waals surface area contributed by atoms with E-state index in [9.17, 15) is 4.79 Å². The van der Waals surface area contributed by atoms with Crippen LogP contribution >= 0.6 is 0 Å². The predicted molar refractivity (Wildman–Crippen MR) is 133 cm³/mol. The highest BCUT2D eigenvalue weighted by Gasteiger charge is 2.36. The molecule has 0 aliphatic carbocycles. The Morgan fingerprint density at radius 1 is 1.14 bits per heavy atom. The van der Waals surface area contributed by atoms with Gasteiger partial charge < -0.3 is 14.6 Å². The molecule has 0 bridgehead atoms. The monoisotopic (exact) mass is 476 g/mol. The first-order valence-electron chi connectivity index (χ1n) is 12.1. The number of hydrogen-bond donors (Lipinski definition) is 1. The molecule has 1 unspecified atom stereocenters. The number of H-pyrrole nitrogens is 1. The van der Waals surface area contributed by atoms with Crippen LogP contribution in [0, 0.1) is 0 Å². The van der Waals surface area contributed by atoms with Crippen LogP contribution in [0.4, 0.5) is 0 Å². The minimum Gasteiger partial charge on any atom is -0.461 e. The number of para-hydroxylation sites is 1. The molecule has 3 aromatic heterocycles. The molecule has 0 saturated carbocycles. The molecule has 0 amide bonds. The largest absolute Gasteiger partial charge is 0.461 e. The summed E-state index contributed by atoms with van der Waals surface area (Å²) in [7, 11) is 2.13. The molecule has 4 aromatic rings. The number of rotatable bonds is 5. The maximum Gasteiger partial charge on any atom is 0.356 e. The van der Waals surface area contributed by atoms with Gasteiger partial charge in [0.15, 0.2) is 5.82 Å². The number of piperazine rings is 1. The quantitative estimate of drug-likeness (QED) is 0.439. The lowest BCUT2D eigenvalue weighted by atomic mass is 10.0. The number of fused-ring (bicyclic) bond motifs is 3. The summed E-state index contributed by atoms with van der Waals surface area (Å²) in [5.41, 5.74) is 2.55. The lowest BCUT2D eigenvalue weighted by Crippen LogP contribution is -2.47. The minimum absolute atomic E-state index is 0.284. The topological polar surface area (TPSA) is 105 Å². The Labute approximate surface area is 204 Å². The van der Waals surface area contributed by atoms with E-state index in [1.807, 2.05) is 28.9 Å². The molecule has 1 fully saturated rings. The molecule has 10 heteroatoms. The van der Waals surface area contributed by atoms with Crippen LogP contribution in [0.2, 0.25) is 0 Å². The summed E-state index contributed by atoms with van der Waals surface area (Å²) >= 11 is 0. The van der Waals surface area contributed by atoms with Gasteiger partial charge in [0, 0.05) is 42.5 Å². The Bertz CT molecular complexity index is 1360. The standard InChI is InChI=1S/C25H32N8O2/c1-6-35-24(34)19-15-17-16-9-7-8-10-18(16)26-20(17)21(27-19)22(32-13-11-31(5)12-14-32)23-28-29-30-33(23)25(2,3)4/h7-10,15,22,26H,6,11-14H2,1-5H3. The molecule has 35 heavy (non-hydrogen) atoms. The molecule has 0 spiro atoms. The van der Waals surface area contributed by atoms with Crippen molar-refractivity contribution in [1.82, 2.24) is 40.0 Å². The van der Waals surface area contributed by atoms with Crippen molar-refractivity contribution in [1.29, 1.82) is 0 Å². The van der Waals surface area contributed by atoms with Crippen LogP contribution in [0.1, 0.15) is 55.7 Å². The Morgan fingerprint density at radius 2 is 1.89 bits per heavy atom. The number of carbonyl (C=O) groups is 1. The van der Waals surface area contributed by atoms with Crippen LogP contribution in [0.5, 0.6) is 0 Å². The molecule has 4 heterocycles. The highest BCUT2D eigenvalue weighted by Crippen LogP contribution is 2.36. The van der Waals surface area contributed by atoms with E-state index in [0.29, 0.717) is 5.82 Å². The fraction of sp³-hybridized carbons (Fsp3) is 0.480. The third-order valence-corrected chi connectivity index (χ3v) is 6.54. The number of nitrogens with zero attached hydrogens (tertiary/aromatic N) is 7. The van der Waals surface area contributed by atoms with Gasteiger partial charge in [-0.15, -0.1) is 5.10 Å². The molecule has 5 rings (SSSR count). The number of pyridine rings is 1. The van der Waals surface area contributed by atoms with Crippen LogP contribution in [-0.4, -0.2) is 85.8 Å². The van der Waals surface area contributed by atoms with Gasteiger partial charge in [-0.25, -0.2) is 14.5 Å². The summed E-state index contributed by atoms with van der Waals surface area (Å²) in [6, 6.07) is 9.56. The van der Waals surface area contributed by atoms with Gasteiger partial charge in [-0.2, -0.15) is 0 Å². The van der Waals surface area contributed by atoms with E-state index in [-0.39, 0.29) is 23.9 Å². The van der Waals surface area contributed by atoms with Gasteiger partial charge in [0.25, 0.3) is 0 Å². The van der Waals surface area contributed by atoms with E-state index in [1.54, 1.807) is 6.92 Å². The zero-order valence-electron chi connectivity index (χ0n) is 20.9. The number of aromatic amines is 1. The highest BCUT2D eigenvalue weighted by atomic mass is 16.5. The number of likely N-dealkylation sites (N-methyl/N-ethyl adjacent to an activating group) is 1. The highest BCUT2D eigenvalue weighted by molar-refractivity contribution is 6.09. The molecule has 1 aromatic carbocycles. The summed E-state index contributed by atoms with van der Waals surface area (Å²) in [6.45, 7) is 11.8. The molecular formula is C25H32N8O2. The number of nitrogens with one attached hydrogen (secondary N) is 1. The number of esters is 1. The van der Waals surface area contributed by atoms with E-state index >= 15 is 0 Å². The third-order valence-electron chi connectivity index (χ3n) is 6.54. The maximum atomic E-state index is 12.9. The van der Waals surface area contributed by atoms with Gasteiger partial charge in [-0.05, 0) is 57.3 Å². The van der Waals surface area contributed by atoms with Crippen LogP contribution in [0.15, 0.2) is 30.3 Å². The Balaban J connectivity index is 1.79. The van der Waals surface area contributed by atoms with Crippen molar-refractivity contribution in [2.75, 3.05) is 39.8 Å². The molecule has 1 aliphatic rings.